The summed E-state index contributed by atoms with van der Waals surface area (Å²) in [6.07, 6.45) is 8.58. The molecule has 0 fully saturated rings. The molecule has 1 aromatic carbocycles. The summed E-state index contributed by atoms with van der Waals surface area (Å²) in [6.45, 7) is 3.05. The quantitative estimate of drug-likeness (QED) is 0.530. The van der Waals surface area contributed by atoms with Gasteiger partial charge in [0.25, 0.3) is 0 Å². The predicted octanol–water partition coefficient (Wildman–Crippen LogP) is 3.95. The van der Waals surface area contributed by atoms with Crippen molar-refractivity contribution in [2.75, 3.05) is 7.11 Å². The standard InChI is InChI=1S/C20H21N5O/c1-15(8-12-24-11-5-9-22-24)25-13-10-21-19(25)17-14-16-6-3-4-7-18(16)23-20(17)26-2/h3-7,9-11,13-15H,8,12H2,1-2H3. The fraction of sp³-hybridized carbons (Fsp3) is 0.250. The lowest BCUT2D eigenvalue weighted by Crippen LogP contribution is -2.10. The molecule has 6 nitrogen and oxygen atoms in total. The van der Waals surface area contributed by atoms with Crippen molar-refractivity contribution in [3.05, 3.63) is 61.2 Å². The van der Waals surface area contributed by atoms with Gasteiger partial charge < -0.3 is 9.30 Å². The SMILES string of the molecule is COc1nc2ccccc2cc1-c1nccn1C(C)CCn1cccn1. The molecular formula is C20H21N5O. The van der Waals surface area contributed by atoms with Crippen LogP contribution < -0.4 is 4.74 Å². The Balaban J connectivity index is 1.68. The molecule has 4 rings (SSSR count). The molecule has 0 aliphatic carbocycles. The zero-order valence-electron chi connectivity index (χ0n) is 14.9. The summed E-state index contributed by atoms with van der Waals surface area (Å²) in [7, 11) is 1.65. The van der Waals surface area contributed by atoms with E-state index in [0.29, 0.717) is 5.88 Å². The van der Waals surface area contributed by atoms with E-state index < -0.39 is 0 Å². The monoisotopic (exact) mass is 347 g/mol. The van der Waals surface area contributed by atoms with E-state index in [0.717, 1.165) is 35.3 Å². The van der Waals surface area contributed by atoms with E-state index in [9.17, 15) is 0 Å². The molecule has 0 N–H and O–H groups in total. The van der Waals surface area contributed by atoms with Gasteiger partial charge in [-0.2, -0.15) is 5.10 Å². The number of rotatable bonds is 6. The summed E-state index contributed by atoms with van der Waals surface area (Å²) >= 11 is 0. The summed E-state index contributed by atoms with van der Waals surface area (Å²) in [5.41, 5.74) is 1.82. The number of fused-ring (bicyclic) bond motifs is 1. The first-order chi connectivity index (χ1) is 12.8. The van der Waals surface area contributed by atoms with Gasteiger partial charge in [0, 0.05) is 42.8 Å². The summed E-state index contributed by atoms with van der Waals surface area (Å²) < 4.78 is 9.68. The maximum absolute atomic E-state index is 5.55. The van der Waals surface area contributed by atoms with E-state index in [-0.39, 0.29) is 6.04 Å². The maximum atomic E-state index is 5.55. The Labute approximate surface area is 152 Å². The predicted molar refractivity (Wildman–Crippen MR) is 101 cm³/mol. The highest BCUT2D eigenvalue weighted by Gasteiger charge is 2.17. The minimum atomic E-state index is 0.271. The second-order valence-electron chi connectivity index (χ2n) is 6.30. The molecule has 0 saturated carbocycles. The Morgan fingerprint density at radius 3 is 2.81 bits per heavy atom. The van der Waals surface area contributed by atoms with E-state index in [4.69, 9.17) is 4.74 Å². The van der Waals surface area contributed by atoms with Crippen molar-refractivity contribution in [3.8, 4) is 17.3 Å². The molecule has 26 heavy (non-hydrogen) atoms. The van der Waals surface area contributed by atoms with Gasteiger partial charge in [-0.05, 0) is 31.5 Å². The topological polar surface area (TPSA) is 57.8 Å². The lowest BCUT2D eigenvalue weighted by molar-refractivity contribution is 0.399. The second-order valence-corrected chi connectivity index (χ2v) is 6.30. The highest BCUT2D eigenvalue weighted by molar-refractivity contribution is 5.84. The molecule has 0 radical (unpaired) electrons. The first kappa shape index (κ1) is 16.3. The van der Waals surface area contributed by atoms with Crippen LogP contribution >= 0.6 is 0 Å². The zero-order valence-corrected chi connectivity index (χ0v) is 14.9. The van der Waals surface area contributed by atoms with Crippen molar-refractivity contribution in [2.24, 2.45) is 0 Å². The minimum Gasteiger partial charge on any atom is -0.480 e. The largest absolute Gasteiger partial charge is 0.480 e. The van der Waals surface area contributed by atoms with E-state index in [2.05, 4.69) is 38.7 Å². The molecule has 3 heterocycles. The lowest BCUT2D eigenvalue weighted by Gasteiger charge is -2.17. The first-order valence-electron chi connectivity index (χ1n) is 8.70. The number of hydrogen-bond acceptors (Lipinski definition) is 4. The number of nitrogens with zero attached hydrogens (tertiary/aromatic N) is 5. The van der Waals surface area contributed by atoms with Crippen LogP contribution in [0.1, 0.15) is 19.4 Å². The zero-order chi connectivity index (χ0) is 17.9. The number of pyridine rings is 1. The van der Waals surface area contributed by atoms with E-state index >= 15 is 0 Å². The molecule has 132 valence electrons. The van der Waals surface area contributed by atoms with Gasteiger partial charge in [-0.25, -0.2) is 9.97 Å². The van der Waals surface area contributed by atoms with Crippen LogP contribution in [0.5, 0.6) is 5.88 Å². The van der Waals surface area contributed by atoms with Crippen LogP contribution in [-0.4, -0.2) is 31.4 Å². The third-order valence-corrected chi connectivity index (χ3v) is 4.60. The molecule has 0 amide bonds. The van der Waals surface area contributed by atoms with Crippen LogP contribution in [-0.2, 0) is 6.54 Å². The summed E-state index contributed by atoms with van der Waals surface area (Å²) in [4.78, 5) is 9.24. The number of para-hydroxylation sites is 1. The Bertz CT molecular complexity index is 1010. The Morgan fingerprint density at radius 2 is 2.00 bits per heavy atom. The third kappa shape index (κ3) is 3.06. The molecule has 0 spiro atoms. The van der Waals surface area contributed by atoms with Gasteiger partial charge in [-0.3, -0.25) is 4.68 Å². The number of aryl methyl sites for hydroxylation is 1. The fourth-order valence-corrected chi connectivity index (χ4v) is 3.18. The Hall–Kier alpha value is -3.15. The molecule has 0 aliphatic heterocycles. The molecule has 6 heteroatoms. The van der Waals surface area contributed by atoms with Crippen LogP contribution in [0.4, 0.5) is 0 Å². The highest BCUT2D eigenvalue weighted by atomic mass is 16.5. The minimum absolute atomic E-state index is 0.271. The van der Waals surface area contributed by atoms with E-state index in [1.165, 1.54) is 0 Å². The van der Waals surface area contributed by atoms with E-state index in [1.54, 1.807) is 13.3 Å². The van der Waals surface area contributed by atoms with Crippen molar-refractivity contribution in [1.29, 1.82) is 0 Å². The average molecular weight is 347 g/mol. The molecule has 0 aliphatic rings. The molecule has 3 aromatic heterocycles. The van der Waals surface area contributed by atoms with Crippen LogP contribution in [0, 0.1) is 0 Å². The summed E-state index contributed by atoms with van der Waals surface area (Å²) in [5.74, 6) is 1.46. The van der Waals surface area contributed by atoms with Crippen LogP contribution in [0.3, 0.4) is 0 Å². The molecule has 0 saturated heterocycles. The second kappa shape index (κ2) is 7.00. The third-order valence-electron chi connectivity index (χ3n) is 4.60. The van der Waals surface area contributed by atoms with Gasteiger partial charge in [-0.1, -0.05) is 18.2 Å². The van der Waals surface area contributed by atoms with Crippen LogP contribution in [0.15, 0.2) is 61.2 Å². The van der Waals surface area contributed by atoms with Crippen molar-refractivity contribution in [2.45, 2.75) is 25.9 Å². The molecular weight excluding hydrogens is 326 g/mol. The fourth-order valence-electron chi connectivity index (χ4n) is 3.18. The number of imidazole rings is 1. The number of benzene rings is 1. The first-order valence-corrected chi connectivity index (χ1v) is 8.70. The summed E-state index contributed by atoms with van der Waals surface area (Å²) in [5, 5.41) is 5.34. The Kier molecular flexibility index (Phi) is 4.39. The smallest absolute Gasteiger partial charge is 0.224 e. The van der Waals surface area contributed by atoms with Gasteiger partial charge in [-0.15, -0.1) is 0 Å². The number of aromatic nitrogens is 5. The van der Waals surface area contributed by atoms with Crippen molar-refractivity contribution < 1.29 is 4.74 Å². The number of ether oxygens (including phenoxy) is 1. The maximum Gasteiger partial charge on any atom is 0.224 e. The van der Waals surface area contributed by atoms with Crippen molar-refractivity contribution in [1.82, 2.24) is 24.3 Å². The van der Waals surface area contributed by atoms with E-state index in [1.807, 2.05) is 47.5 Å². The average Bonchev–Trinajstić information content (AvgIpc) is 3.36. The van der Waals surface area contributed by atoms with Gasteiger partial charge in [0.2, 0.25) is 5.88 Å². The van der Waals surface area contributed by atoms with Gasteiger partial charge >= 0.3 is 0 Å². The van der Waals surface area contributed by atoms with Crippen molar-refractivity contribution in [3.63, 3.8) is 0 Å². The Morgan fingerprint density at radius 1 is 1.12 bits per heavy atom. The molecule has 1 atom stereocenters. The van der Waals surface area contributed by atoms with Gasteiger partial charge in [0.15, 0.2) is 0 Å². The van der Waals surface area contributed by atoms with Crippen LogP contribution in [0.25, 0.3) is 22.3 Å². The summed E-state index contributed by atoms with van der Waals surface area (Å²) in [6, 6.07) is 12.3. The highest BCUT2D eigenvalue weighted by Crippen LogP contribution is 2.32. The number of methoxy groups -OCH3 is 1. The van der Waals surface area contributed by atoms with Gasteiger partial charge in [0.05, 0.1) is 18.2 Å². The molecule has 1 unspecified atom stereocenters. The normalized spacial score (nSPS) is 12.4. The van der Waals surface area contributed by atoms with Gasteiger partial charge in [0.1, 0.15) is 5.82 Å². The molecule has 0 bridgehead atoms. The number of hydrogen-bond donors (Lipinski definition) is 0. The van der Waals surface area contributed by atoms with Crippen molar-refractivity contribution >= 4 is 10.9 Å². The lowest BCUT2D eigenvalue weighted by atomic mass is 10.1. The molecule has 4 aromatic rings. The van der Waals surface area contributed by atoms with Crippen LogP contribution in [0.2, 0.25) is 0 Å².